The van der Waals surface area contributed by atoms with Crippen molar-refractivity contribution in [1.82, 2.24) is 9.78 Å². The number of nitrogens with two attached hydrogens (primary N) is 1. The van der Waals surface area contributed by atoms with E-state index in [9.17, 15) is 4.79 Å². The van der Waals surface area contributed by atoms with Crippen molar-refractivity contribution in [2.24, 2.45) is 18.7 Å². The first-order chi connectivity index (χ1) is 9.06. The van der Waals surface area contributed by atoms with Crippen molar-refractivity contribution < 1.29 is 4.79 Å². The molecule has 0 bridgehead atoms. The third-order valence-electron chi connectivity index (χ3n) is 3.32. The van der Waals surface area contributed by atoms with Gasteiger partial charge in [0.1, 0.15) is 5.82 Å². The lowest BCUT2D eigenvalue weighted by Crippen LogP contribution is -2.16. The lowest BCUT2D eigenvalue weighted by atomic mass is 9.94. The smallest absolute Gasteiger partial charge is 0.225 e. The minimum absolute atomic E-state index is 0.0566. The van der Waals surface area contributed by atoms with Gasteiger partial charge in [-0.15, -0.1) is 0 Å². The van der Waals surface area contributed by atoms with Crippen LogP contribution in [0.1, 0.15) is 44.7 Å². The summed E-state index contributed by atoms with van der Waals surface area (Å²) >= 11 is 0. The summed E-state index contributed by atoms with van der Waals surface area (Å²) in [5, 5.41) is 7.10. The van der Waals surface area contributed by atoms with Crippen molar-refractivity contribution in [3.8, 4) is 0 Å². The van der Waals surface area contributed by atoms with E-state index < -0.39 is 0 Å². The second kappa shape index (κ2) is 7.94. The monoisotopic (exact) mass is 266 g/mol. The van der Waals surface area contributed by atoms with Crippen molar-refractivity contribution >= 4 is 11.7 Å². The van der Waals surface area contributed by atoms with Crippen LogP contribution in [0.4, 0.5) is 5.82 Å². The van der Waals surface area contributed by atoms with Gasteiger partial charge in [0.05, 0.1) is 5.69 Å². The Morgan fingerprint density at radius 3 is 2.74 bits per heavy atom. The maximum Gasteiger partial charge on any atom is 0.225 e. The number of carbonyl (C=O) groups excluding carboxylic acids is 1. The van der Waals surface area contributed by atoms with Gasteiger partial charge in [-0.2, -0.15) is 5.10 Å². The molecule has 5 heteroatoms. The van der Waals surface area contributed by atoms with Crippen molar-refractivity contribution in [2.45, 2.75) is 46.0 Å². The van der Waals surface area contributed by atoms with Gasteiger partial charge in [0, 0.05) is 19.5 Å². The van der Waals surface area contributed by atoms with Gasteiger partial charge in [0.15, 0.2) is 0 Å². The number of anilines is 1. The van der Waals surface area contributed by atoms with Gasteiger partial charge in [-0.1, -0.05) is 19.8 Å². The molecule has 0 aliphatic rings. The highest BCUT2D eigenvalue weighted by molar-refractivity contribution is 5.89. The van der Waals surface area contributed by atoms with Crippen LogP contribution in [0, 0.1) is 12.8 Å². The summed E-state index contributed by atoms with van der Waals surface area (Å²) in [5.74, 6) is 1.38. The topological polar surface area (TPSA) is 72.9 Å². The van der Waals surface area contributed by atoms with Crippen LogP contribution in [0.2, 0.25) is 0 Å². The minimum Gasteiger partial charge on any atom is -0.330 e. The quantitative estimate of drug-likeness (QED) is 0.757. The van der Waals surface area contributed by atoms with Crippen LogP contribution < -0.4 is 11.1 Å². The van der Waals surface area contributed by atoms with Crippen LogP contribution in [0.25, 0.3) is 0 Å². The summed E-state index contributed by atoms with van der Waals surface area (Å²) in [6.07, 6.45) is 4.76. The molecule has 0 spiro atoms. The average molecular weight is 266 g/mol. The van der Waals surface area contributed by atoms with Gasteiger partial charge in [0.2, 0.25) is 5.91 Å². The molecule has 0 aliphatic heterocycles. The number of nitrogens with one attached hydrogen (secondary N) is 1. The van der Waals surface area contributed by atoms with Crippen LogP contribution in [-0.4, -0.2) is 22.2 Å². The number of nitrogens with zero attached hydrogens (tertiary/aromatic N) is 2. The molecule has 1 heterocycles. The van der Waals surface area contributed by atoms with Gasteiger partial charge in [-0.3, -0.25) is 9.48 Å². The van der Waals surface area contributed by atoms with E-state index in [1.54, 1.807) is 4.68 Å². The number of aryl methyl sites for hydroxylation is 2. The number of amides is 1. The van der Waals surface area contributed by atoms with E-state index in [0.29, 0.717) is 18.9 Å². The Morgan fingerprint density at radius 2 is 2.21 bits per heavy atom. The third kappa shape index (κ3) is 5.42. The summed E-state index contributed by atoms with van der Waals surface area (Å²) in [4.78, 5) is 11.9. The highest BCUT2D eigenvalue weighted by Gasteiger charge is 2.11. The zero-order chi connectivity index (χ0) is 14.3. The summed E-state index contributed by atoms with van der Waals surface area (Å²) in [6.45, 7) is 4.78. The van der Waals surface area contributed by atoms with E-state index in [2.05, 4.69) is 17.3 Å². The van der Waals surface area contributed by atoms with E-state index in [1.165, 1.54) is 0 Å². The molecule has 0 aromatic carbocycles. The summed E-state index contributed by atoms with van der Waals surface area (Å²) in [7, 11) is 1.83. The van der Waals surface area contributed by atoms with Gasteiger partial charge >= 0.3 is 0 Å². The molecule has 1 atom stereocenters. The molecule has 19 heavy (non-hydrogen) atoms. The molecule has 3 N–H and O–H groups in total. The van der Waals surface area contributed by atoms with Crippen LogP contribution in [0.3, 0.4) is 0 Å². The zero-order valence-electron chi connectivity index (χ0n) is 12.3. The number of hydrogen-bond acceptors (Lipinski definition) is 3. The van der Waals surface area contributed by atoms with Crippen LogP contribution in [-0.2, 0) is 11.8 Å². The first kappa shape index (κ1) is 15.7. The number of rotatable bonds is 8. The molecule has 5 nitrogen and oxygen atoms in total. The molecular formula is C14H26N4O. The zero-order valence-corrected chi connectivity index (χ0v) is 12.3. The van der Waals surface area contributed by atoms with Gasteiger partial charge in [0.25, 0.3) is 0 Å². The first-order valence-corrected chi connectivity index (χ1v) is 7.07. The second-order valence-corrected chi connectivity index (χ2v) is 5.11. The SMILES string of the molecule is CCCC(CCN)CCC(=O)Nc1cc(C)nn1C. The van der Waals surface area contributed by atoms with E-state index in [0.717, 1.165) is 37.2 Å². The van der Waals surface area contributed by atoms with Crippen molar-refractivity contribution in [3.05, 3.63) is 11.8 Å². The lowest BCUT2D eigenvalue weighted by molar-refractivity contribution is -0.116. The predicted octanol–water partition coefficient (Wildman–Crippen LogP) is 2.21. The van der Waals surface area contributed by atoms with Crippen LogP contribution in [0.15, 0.2) is 6.07 Å². The Bertz CT molecular complexity index is 394. The normalized spacial score (nSPS) is 12.4. The summed E-state index contributed by atoms with van der Waals surface area (Å²) < 4.78 is 1.69. The van der Waals surface area contributed by atoms with Crippen LogP contribution >= 0.6 is 0 Å². The molecule has 0 fully saturated rings. The summed E-state index contributed by atoms with van der Waals surface area (Å²) in [5.41, 5.74) is 6.51. The Labute approximate surface area is 115 Å². The van der Waals surface area contributed by atoms with E-state index in [1.807, 2.05) is 20.0 Å². The molecule has 1 rings (SSSR count). The highest BCUT2D eigenvalue weighted by atomic mass is 16.1. The molecule has 0 saturated carbocycles. The van der Waals surface area contributed by atoms with Crippen molar-refractivity contribution in [1.29, 1.82) is 0 Å². The van der Waals surface area contributed by atoms with Crippen molar-refractivity contribution in [3.63, 3.8) is 0 Å². The minimum atomic E-state index is 0.0566. The number of hydrogen-bond donors (Lipinski definition) is 2. The highest BCUT2D eigenvalue weighted by Crippen LogP contribution is 2.17. The molecule has 1 aromatic heterocycles. The van der Waals surface area contributed by atoms with E-state index >= 15 is 0 Å². The molecule has 1 amide bonds. The Hall–Kier alpha value is -1.36. The standard InChI is InChI=1S/C14H26N4O/c1-4-5-12(8-9-15)6-7-14(19)16-13-10-11(2)17-18(13)3/h10,12H,4-9,15H2,1-3H3,(H,16,19). The fraction of sp³-hybridized carbons (Fsp3) is 0.714. The Kier molecular flexibility index (Phi) is 6.56. The van der Waals surface area contributed by atoms with Gasteiger partial charge in [-0.05, 0) is 32.2 Å². The third-order valence-corrected chi connectivity index (χ3v) is 3.32. The van der Waals surface area contributed by atoms with Crippen LogP contribution in [0.5, 0.6) is 0 Å². The fourth-order valence-corrected chi connectivity index (χ4v) is 2.35. The molecule has 1 aromatic rings. The second-order valence-electron chi connectivity index (χ2n) is 5.11. The molecular weight excluding hydrogens is 240 g/mol. The average Bonchev–Trinajstić information content (AvgIpc) is 2.65. The largest absolute Gasteiger partial charge is 0.330 e. The number of aromatic nitrogens is 2. The fourth-order valence-electron chi connectivity index (χ4n) is 2.35. The first-order valence-electron chi connectivity index (χ1n) is 7.07. The molecule has 0 radical (unpaired) electrons. The Morgan fingerprint density at radius 1 is 1.47 bits per heavy atom. The predicted molar refractivity (Wildman–Crippen MR) is 77.9 cm³/mol. The molecule has 108 valence electrons. The van der Waals surface area contributed by atoms with Gasteiger partial charge < -0.3 is 11.1 Å². The molecule has 1 unspecified atom stereocenters. The number of carbonyl (C=O) groups is 1. The maximum absolute atomic E-state index is 11.9. The molecule has 0 saturated heterocycles. The molecule has 0 aliphatic carbocycles. The van der Waals surface area contributed by atoms with Gasteiger partial charge in [-0.25, -0.2) is 0 Å². The van der Waals surface area contributed by atoms with Crippen molar-refractivity contribution in [2.75, 3.05) is 11.9 Å². The van der Waals surface area contributed by atoms with E-state index in [-0.39, 0.29) is 5.91 Å². The summed E-state index contributed by atoms with van der Waals surface area (Å²) in [6, 6.07) is 1.88. The maximum atomic E-state index is 11.9. The Balaban J connectivity index is 2.40. The van der Waals surface area contributed by atoms with E-state index in [4.69, 9.17) is 5.73 Å². The lowest BCUT2D eigenvalue weighted by Gasteiger charge is -2.14.